The van der Waals surface area contributed by atoms with Crippen molar-refractivity contribution in [3.63, 3.8) is 0 Å². The lowest BCUT2D eigenvalue weighted by Gasteiger charge is -2.35. The Morgan fingerprint density at radius 3 is 2.63 bits per heavy atom. The van der Waals surface area contributed by atoms with E-state index >= 15 is 0 Å². The lowest BCUT2D eigenvalue weighted by atomic mass is 10.2. The van der Waals surface area contributed by atoms with E-state index in [1.54, 1.807) is 6.20 Å². The van der Waals surface area contributed by atoms with Gasteiger partial charge in [-0.3, -0.25) is 0 Å². The van der Waals surface area contributed by atoms with Crippen LogP contribution in [0.25, 0.3) is 0 Å². The molecule has 0 aliphatic carbocycles. The van der Waals surface area contributed by atoms with Gasteiger partial charge in [0.1, 0.15) is 5.75 Å². The van der Waals surface area contributed by atoms with Crippen LogP contribution in [0.15, 0.2) is 36.5 Å². The molecule has 2 amide bonds. The summed E-state index contributed by atoms with van der Waals surface area (Å²) in [4.78, 5) is 19.0. The number of morpholine rings is 1. The Bertz CT molecular complexity index is 850. The van der Waals surface area contributed by atoms with Crippen LogP contribution in [0.3, 0.4) is 0 Å². The van der Waals surface area contributed by atoms with Crippen molar-refractivity contribution in [1.29, 1.82) is 0 Å². The Morgan fingerprint density at radius 1 is 1.10 bits per heavy atom. The summed E-state index contributed by atoms with van der Waals surface area (Å²) < 4.78 is 11.0. The van der Waals surface area contributed by atoms with Crippen LogP contribution in [0.1, 0.15) is 6.92 Å². The number of ether oxygens (including phenoxy) is 2. The highest BCUT2D eigenvalue weighted by molar-refractivity contribution is 5.91. The van der Waals surface area contributed by atoms with Crippen LogP contribution in [0.4, 0.5) is 22.0 Å². The second-order valence-electron chi connectivity index (χ2n) is 7.20. The molecule has 4 rings (SSSR count). The van der Waals surface area contributed by atoms with Crippen LogP contribution in [-0.2, 0) is 4.74 Å². The largest absolute Gasteiger partial charge is 0.492 e. The van der Waals surface area contributed by atoms with Crippen molar-refractivity contribution in [3.05, 3.63) is 36.5 Å². The van der Waals surface area contributed by atoms with Gasteiger partial charge < -0.3 is 29.5 Å². The molecular formula is C21H28N6O3. The zero-order valence-electron chi connectivity index (χ0n) is 17.3. The summed E-state index contributed by atoms with van der Waals surface area (Å²) in [6.07, 6.45) is 1.80. The predicted molar refractivity (Wildman–Crippen MR) is 115 cm³/mol. The van der Waals surface area contributed by atoms with Crippen molar-refractivity contribution >= 4 is 23.2 Å². The van der Waals surface area contributed by atoms with Crippen LogP contribution >= 0.6 is 0 Å². The SMILES string of the molecule is CCOc1ccccc1NC(=O)N1CCN(c2cc(N3CCOCC3)cnn2)CC1. The number of hydrogen-bond donors (Lipinski definition) is 1. The minimum atomic E-state index is -0.116. The lowest BCUT2D eigenvalue weighted by Crippen LogP contribution is -2.50. The first-order valence-electron chi connectivity index (χ1n) is 10.4. The van der Waals surface area contributed by atoms with E-state index in [0.29, 0.717) is 44.2 Å². The van der Waals surface area contributed by atoms with Crippen LogP contribution < -0.4 is 19.9 Å². The maximum Gasteiger partial charge on any atom is 0.322 e. The van der Waals surface area contributed by atoms with Gasteiger partial charge in [0.2, 0.25) is 0 Å². The summed E-state index contributed by atoms with van der Waals surface area (Å²) in [6, 6.07) is 9.45. The van der Waals surface area contributed by atoms with Crippen molar-refractivity contribution in [1.82, 2.24) is 15.1 Å². The molecule has 9 nitrogen and oxygen atoms in total. The van der Waals surface area contributed by atoms with Gasteiger partial charge in [-0.15, -0.1) is 5.10 Å². The number of carbonyl (C=O) groups is 1. The third-order valence-corrected chi connectivity index (χ3v) is 5.32. The number of nitrogens with zero attached hydrogens (tertiary/aromatic N) is 5. The van der Waals surface area contributed by atoms with Crippen LogP contribution in [0.5, 0.6) is 5.75 Å². The van der Waals surface area contributed by atoms with E-state index < -0.39 is 0 Å². The highest BCUT2D eigenvalue weighted by Crippen LogP contribution is 2.25. The first-order valence-corrected chi connectivity index (χ1v) is 10.4. The van der Waals surface area contributed by atoms with Gasteiger partial charge in [-0.2, -0.15) is 5.10 Å². The monoisotopic (exact) mass is 412 g/mol. The van der Waals surface area contributed by atoms with Crippen LogP contribution in [-0.4, -0.2) is 80.2 Å². The van der Waals surface area contributed by atoms with Crippen LogP contribution in [0.2, 0.25) is 0 Å². The number of piperazine rings is 1. The van der Waals surface area contributed by atoms with E-state index in [2.05, 4.69) is 31.4 Å². The Balaban J connectivity index is 1.34. The number of anilines is 3. The van der Waals surface area contributed by atoms with E-state index in [1.807, 2.05) is 36.1 Å². The molecular weight excluding hydrogens is 384 g/mol. The molecule has 0 atom stereocenters. The number of aromatic nitrogens is 2. The summed E-state index contributed by atoms with van der Waals surface area (Å²) in [5.74, 6) is 1.53. The third kappa shape index (κ3) is 4.73. The Kier molecular flexibility index (Phi) is 6.48. The Hall–Kier alpha value is -3.07. The molecule has 0 bridgehead atoms. The number of benzene rings is 1. The molecule has 2 aliphatic rings. The molecule has 0 spiro atoms. The topological polar surface area (TPSA) is 83.1 Å². The average Bonchev–Trinajstić information content (AvgIpc) is 2.81. The van der Waals surface area contributed by atoms with E-state index in [0.717, 1.165) is 37.8 Å². The van der Waals surface area contributed by atoms with Crippen molar-refractivity contribution in [2.45, 2.75) is 6.92 Å². The molecule has 1 N–H and O–H groups in total. The molecule has 0 saturated carbocycles. The highest BCUT2D eigenvalue weighted by atomic mass is 16.5. The quantitative estimate of drug-likeness (QED) is 0.805. The molecule has 3 heterocycles. The van der Waals surface area contributed by atoms with Gasteiger partial charge in [-0.25, -0.2) is 4.79 Å². The van der Waals surface area contributed by atoms with Gasteiger partial charge in [0.05, 0.1) is 37.4 Å². The number of amides is 2. The van der Waals surface area contributed by atoms with E-state index in [4.69, 9.17) is 9.47 Å². The smallest absolute Gasteiger partial charge is 0.322 e. The standard InChI is InChI=1S/C21H28N6O3/c1-2-30-19-6-4-3-5-18(19)23-21(28)27-9-7-26(8-10-27)20-15-17(16-22-24-20)25-11-13-29-14-12-25/h3-6,15-16H,2,7-14H2,1H3,(H,23,28). The van der Waals surface area contributed by atoms with E-state index in [1.165, 1.54) is 0 Å². The van der Waals surface area contributed by atoms with E-state index in [-0.39, 0.29) is 6.03 Å². The number of urea groups is 1. The predicted octanol–water partition coefficient (Wildman–Crippen LogP) is 2.07. The fourth-order valence-electron chi connectivity index (χ4n) is 3.68. The molecule has 0 radical (unpaired) electrons. The number of nitrogens with one attached hydrogen (secondary N) is 1. The molecule has 160 valence electrons. The minimum Gasteiger partial charge on any atom is -0.492 e. The number of rotatable bonds is 5. The van der Waals surface area contributed by atoms with Crippen molar-refractivity contribution in [3.8, 4) is 5.75 Å². The first-order chi connectivity index (χ1) is 14.7. The van der Waals surface area contributed by atoms with Crippen molar-refractivity contribution < 1.29 is 14.3 Å². The molecule has 2 aliphatic heterocycles. The molecule has 0 unspecified atom stereocenters. The second-order valence-corrected chi connectivity index (χ2v) is 7.20. The second kappa shape index (κ2) is 9.62. The first kappa shape index (κ1) is 20.2. The summed E-state index contributed by atoms with van der Waals surface area (Å²) in [6.45, 7) is 8.33. The summed E-state index contributed by atoms with van der Waals surface area (Å²) in [5, 5.41) is 11.5. The van der Waals surface area contributed by atoms with Gasteiger partial charge in [0, 0.05) is 45.3 Å². The zero-order valence-corrected chi connectivity index (χ0v) is 17.3. The molecule has 9 heteroatoms. The molecule has 2 saturated heterocycles. The Morgan fingerprint density at radius 2 is 1.87 bits per heavy atom. The van der Waals surface area contributed by atoms with E-state index in [9.17, 15) is 4.79 Å². The molecule has 2 aromatic rings. The molecule has 1 aromatic carbocycles. The lowest BCUT2D eigenvalue weighted by molar-refractivity contribution is 0.122. The number of carbonyl (C=O) groups excluding carboxylic acids is 1. The average molecular weight is 412 g/mol. The van der Waals surface area contributed by atoms with Crippen LogP contribution in [0, 0.1) is 0 Å². The molecule has 2 fully saturated rings. The summed E-state index contributed by atoms with van der Waals surface area (Å²) >= 11 is 0. The van der Waals surface area contributed by atoms with Gasteiger partial charge in [0.15, 0.2) is 5.82 Å². The van der Waals surface area contributed by atoms with Gasteiger partial charge >= 0.3 is 6.03 Å². The summed E-state index contributed by atoms with van der Waals surface area (Å²) in [5.41, 5.74) is 1.76. The number of hydrogen-bond acceptors (Lipinski definition) is 7. The Labute approximate surface area is 176 Å². The fourth-order valence-corrected chi connectivity index (χ4v) is 3.68. The minimum absolute atomic E-state index is 0.116. The normalized spacial score (nSPS) is 17.0. The maximum atomic E-state index is 12.7. The third-order valence-electron chi connectivity index (χ3n) is 5.32. The summed E-state index contributed by atoms with van der Waals surface area (Å²) in [7, 11) is 0. The van der Waals surface area contributed by atoms with Gasteiger partial charge in [-0.1, -0.05) is 12.1 Å². The van der Waals surface area contributed by atoms with Gasteiger partial charge in [0.25, 0.3) is 0 Å². The number of para-hydroxylation sites is 2. The maximum absolute atomic E-state index is 12.7. The highest BCUT2D eigenvalue weighted by Gasteiger charge is 2.23. The van der Waals surface area contributed by atoms with Crippen molar-refractivity contribution in [2.24, 2.45) is 0 Å². The molecule has 1 aromatic heterocycles. The molecule has 30 heavy (non-hydrogen) atoms. The zero-order chi connectivity index (χ0) is 20.8. The fraction of sp³-hybridized carbons (Fsp3) is 0.476. The van der Waals surface area contributed by atoms with Gasteiger partial charge in [-0.05, 0) is 19.1 Å². The van der Waals surface area contributed by atoms with Crippen molar-refractivity contribution in [2.75, 3.05) is 74.2 Å².